The van der Waals surface area contributed by atoms with Gasteiger partial charge >= 0.3 is 0 Å². The van der Waals surface area contributed by atoms with Crippen molar-refractivity contribution in [2.45, 2.75) is 6.92 Å². The Morgan fingerprint density at radius 3 is 3.20 bits per heavy atom. The predicted octanol–water partition coefficient (Wildman–Crippen LogP) is 2.36. The van der Waals surface area contributed by atoms with Crippen LogP contribution in [0.4, 0.5) is 0 Å². The summed E-state index contributed by atoms with van der Waals surface area (Å²) in [5.41, 5.74) is 1.01. The maximum atomic E-state index is 5.77. The molecule has 2 nitrogen and oxygen atoms in total. The van der Waals surface area contributed by atoms with E-state index in [0.29, 0.717) is 5.15 Å². The van der Waals surface area contributed by atoms with Gasteiger partial charge in [0.15, 0.2) is 10.1 Å². The number of halogens is 1. The molecule has 52 valence electrons. The Balaban J connectivity index is 2.95. The van der Waals surface area contributed by atoms with Crippen molar-refractivity contribution < 1.29 is 0 Å². The summed E-state index contributed by atoms with van der Waals surface area (Å²) >= 11 is 7.36. The molecular weight excluding hydrogens is 168 g/mol. The largest absolute Gasteiger partial charge is 0.293 e. The third-order valence-electron chi connectivity index (χ3n) is 1.44. The molecule has 0 aliphatic carbocycles. The Bertz CT molecular complexity index is 363. The van der Waals surface area contributed by atoms with E-state index in [1.807, 2.05) is 22.9 Å². The Morgan fingerprint density at radius 1 is 1.70 bits per heavy atom. The van der Waals surface area contributed by atoms with Crippen LogP contribution in [-0.2, 0) is 0 Å². The maximum Gasteiger partial charge on any atom is 0.195 e. The highest BCUT2D eigenvalue weighted by Crippen LogP contribution is 2.19. The van der Waals surface area contributed by atoms with Crippen LogP contribution >= 0.6 is 22.9 Å². The molecule has 10 heavy (non-hydrogen) atoms. The zero-order valence-electron chi connectivity index (χ0n) is 5.34. The lowest BCUT2D eigenvalue weighted by molar-refractivity contribution is 1.14. The Kier molecular flexibility index (Phi) is 1.22. The molecule has 2 aromatic rings. The highest BCUT2D eigenvalue weighted by molar-refractivity contribution is 7.15. The average molecular weight is 173 g/mol. The molecule has 0 spiro atoms. The second-order valence-corrected chi connectivity index (χ2v) is 3.27. The van der Waals surface area contributed by atoms with Crippen molar-refractivity contribution in [2.75, 3.05) is 0 Å². The molecule has 0 unspecified atom stereocenters. The number of aryl methyl sites for hydroxylation is 1. The summed E-state index contributed by atoms with van der Waals surface area (Å²) in [7, 11) is 0. The van der Waals surface area contributed by atoms with Gasteiger partial charge in [0.25, 0.3) is 0 Å². The van der Waals surface area contributed by atoms with Crippen molar-refractivity contribution in [3.63, 3.8) is 0 Å². The summed E-state index contributed by atoms with van der Waals surface area (Å²) in [5, 5.41) is 2.60. The highest BCUT2D eigenvalue weighted by atomic mass is 35.5. The molecule has 2 rings (SSSR count). The SMILES string of the molecule is Cc1c(Cl)nc2sccn12. The second-order valence-electron chi connectivity index (χ2n) is 2.04. The first kappa shape index (κ1) is 6.19. The first-order chi connectivity index (χ1) is 4.79. The fourth-order valence-electron chi connectivity index (χ4n) is 0.872. The van der Waals surface area contributed by atoms with Gasteiger partial charge in [-0.1, -0.05) is 11.6 Å². The standard InChI is InChI=1S/C6H5ClN2S/c1-4-5(7)8-6-9(4)2-3-10-6/h2-3H,1H3. The fourth-order valence-corrected chi connectivity index (χ4v) is 1.85. The molecule has 0 radical (unpaired) electrons. The van der Waals surface area contributed by atoms with Crippen LogP contribution in [0, 0.1) is 6.92 Å². The number of hydrogen-bond acceptors (Lipinski definition) is 2. The van der Waals surface area contributed by atoms with Crippen LogP contribution in [0.3, 0.4) is 0 Å². The molecule has 0 amide bonds. The molecule has 2 aromatic heterocycles. The number of rotatable bonds is 0. The van der Waals surface area contributed by atoms with Gasteiger partial charge in [0.2, 0.25) is 0 Å². The van der Waals surface area contributed by atoms with Crippen molar-refractivity contribution in [3.05, 3.63) is 22.4 Å². The van der Waals surface area contributed by atoms with Crippen molar-refractivity contribution in [2.24, 2.45) is 0 Å². The number of aromatic nitrogens is 2. The number of hydrogen-bond donors (Lipinski definition) is 0. The number of nitrogens with zero attached hydrogens (tertiary/aromatic N) is 2. The van der Waals surface area contributed by atoms with E-state index in [1.54, 1.807) is 11.3 Å². The third kappa shape index (κ3) is 0.676. The lowest BCUT2D eigenvalue weighted by Crippen LogP contribution is -1.77. The topological polar surface area (TPSA) is 17.3 Å². The van der Waals surface area contributed by atoms with E-state index in [0.717, 1.165) is 10.7 Å². The minimum Gasteiger partial charge on any atom is -0.293 e. The van der Waals surface area contributed by atoms with Gasteiger partial charge in [-0.25, -0.2) is 4.98 Å². The van der Waals surface area contributed by atoms with Gasteiger partial charge in [0.1, 0.15) is 0 Å². The minimum atomic E-state index is 0.604. The van der Waals surface area contributed by atoms with Crippen LogP contribution in [0.2, 0.25) is 5.15 Å². The summed E-state index contributed by atoms with van der Waals surface area (Å²) in [6, 6.07) is 0. The van der Waals surface area contributed by atoms with Crippen LogP contribution in [0.5, 0.6) is 0 Å². The van der Waals surface area contributed by atoms with Gasteiger partial charge < -0.3 is 0 Å². The van der Waals surface area contributed by atoms with Crippen LogP contribution in [0.25, 0.3) is 4.96 Å². The summed E-state index contributed by atoms with van der Waals surface area (Å²) < 4.78 is 1.98. The van der Waals surface area contributed by atoms with Gasteiger partial charge in [0.05, 0.1) is 5.69 Å². The zero-order valence-corrected chi connectivity index (χ0v) is 6.91. The predicted molar refractivity (Wildman–Crippen MR) is 42.8 cm³/mol. The van der Waals surface area contributed by atoms with E-state index >= 15 is 0 Å². The van der Waals surface area contributed by atoms with E-state index in [9.17, 15) is 0 Å². The second kappa shape index (κ2) is 1.97. The van der Waals surface area contributed by atoms with E-state index in [-0.39, 0.29) is 0 Å². The number of imidazole rings is 1. The molecule has 0 aliphatic rings. The summed E-state index contributed by atoms with van der Waals surface area (Å²) in [5.74, 6) is 0. The van der Waals surface area contributed by atoms with E-state index in [1.165, 1.54) is 0 Å². The first-order valence-corrected chi connectivity index (χ1v) is 4.12. The maximum absolute atomic E-state index is 5.77. The van der Waals surface area contributed by atoms with Crippen LogP contribution < -0.4 is 0 Å². The summed E-state index contributed by atoms with van der Waals surface area (Å²) in [6.07, 6.45) is 1.97. The van der Waals surface area contributed by atoms with Gasteiger partial charge in [-0.05, 0) is 6.92 Å². The molecule has 4 heteroatoms. The number of thiazole rings is 1. The van der Waals surface area contributed by atoms with Crippen molar-refractivity contribution >= 4 is 27.9 Å². The number of fused-ring (bicyclic) bond motifs is 1. The lowest BCUT2D eigenvalue weighted by Gasteiger charge is -1.84. The molecule has 0 bridgehead atoms. The Morgan fingerprint density at radius 2 is 2.50 bits per heavy atom. The van der Waals surface area contributed by atoms with E-state index in [2.05, 4.69) is 4.98 Å². The molecule has 0 aromatic carbocycles. The van der Waals surface area contributed by atoms with Crippen LogP contribution in [0.1, 0.15) is 5.69 Å². The van der Waals surface area contributed by atoms with Crippen molar-refractivity contribution in [1.29, 1.82) is 0 Å². The molecule has 0 fully saturated rings. The van der Waals surface area contributed by atoms with Crippen molar-refractivity contribution in [1.82, 2.24) is 9.38 Å². The minimum absolute atomic E-state index is 0.604. The third-order valence-corrected chi connectivity index (χ3v) is 2.56. The molecular formula is C6H5ClN2S. The molecule has 0 saturated heterocycles. The zero-order chi connectivity index (χ0) is 7.14. The lowest BCUT2D eigenvalue weighted by atomic mass is 10.5. The summed E-state index contributed by atoms with van der Waals surface area (Å²) in [6.45, 7) is 1.95. The van der Waals surface area contributed by atoms with E-state index in [4.69, 9.17) is 11.6 Å². The van der Waals surface area contributed by atoms with Crippen LogP contribution in [0.15, 0.2) is 11.6 Å². The van der Waals surface area contributed by atoms with Gasteiger partial charge in [-0.2, -0.15) is 0 Å². The van der Waals surface area contributed by atoms with Crippen LogP contribution in [-0.4, -0.2) is 9.38 Å². The fraction of sp³-hybridized carbons (Fsp3) is 0.167. The molecule has 0 aliphatic heterocycles. The average Bonchev–Trinajstić information content (AvgIpc) is 2.41. The Labute approximate surface area is 67.1 Å². The first-order valence-electron chi connectivity index (χ1n) is 2.86. The highest BCUT2D eigenvalue weighted by Gasteiger charge is 2.04. The van der Waals surface area contributed by atoms with Gasteiger partial charge in [0, 0.05) is 11.6 Å². The Hall–Kier alpha value is -0.540. The van der Waals surface area contributed by atoms with Gasteiger partial charge in [-0.15, -0.1) is 11.3 Å². The monoisotopic (exact) mass is 172 g/mol. The molecule has 0 N–H and O–H groups in total. The van der Waals surface area contributed by atoms with Crippen molar-refractivity contribution in [3.8, 4) is 0 Å². The molecule has 0 atom stereocenters. The van der Waals surface area contributed by atoms with E-state index < -0.39 is 0 Å². The normalized spacial score (nSPS) is 11.0. The smallest absolute Gasteiger partial charge is 0.195 e. The quantitative estimate of drug-likeness (QED) is 0.597. The molecule has 2 heterocycles. The van der Waals surface area contributed by atoms with Gasteiger partial charge in [-0.3, -0.25) is 4.40 Å². The summed E-state index contributed by atoms with van der Waals surface area (Å²) in [4.78, 5) is 5.08. The molecule has 0 saturated carbocycles.